The van der Waals surface area contributed by atoms with E-state index in [9.17, 15) is 5.11 Å². The number of nitrogens with zero attached hydrogens (tertiary/aromatic N) is 1. The molecule has 0 spiro atoms. The van der Waals surface area contributed by atoms with Crippen molar-refractivity contribution >= 4 is 5.96 Å². The Morgan fingerprint density at radius 2 is 1.85 bits per heavy atom. The Balaban J connectivity index is 2.67. The average Bonchev–Trinajstić information content (AvgIpc) is 2.66. The molecule has 0 heterocycles. The average molecular weight is 364 g/mol. The van der Waals surface area contributed by atoms with Crippen LogP contribution in [0.2, 0.25) is 0 Å². The Morgan fingerprint density at radius 1 is 1.12 bits per heavy atom. The van der Waals surface area contributed by atoms with Crippen molar-refractivity contribution < 1.29 is 9.84 Å². The molecule has 5 heteroatoms. The summed E-state index contributed by atoms with van der Waals surface area (Å²) in [6, 6.07) is 8.17. The smallest absolute Gasteiger partial charge is 0.191 e. The predicted molar refractivity (Wildman–Crippen MR) is 110 cm³/mol. The molecule has 0 aliphatic rings. The van der Waals surface area contributed by atoms with Crippen LogP contribution in [-0.2, 0) is 6.42 Å². The van der Waals surface area contributed by atoms with Gasteiger partial charge in [0, 0.05) is 26.2 Å². The number of hydrogen-bond donors (Lipinski definition) is 3. The van der Waals surface area contributed by atoms with E-state index in [4.69, 9.17) is 9.73 Å². The van der Waals surface area contributed by atoms with E-state index in [1.807, 2.05) is 25.1 Å². The second-order valence-electron chi connectivity index (χ2n) is 6.59. The van der Waals surface area contributed by atoms with Crippen molar-refractivity contribution in [3.63, 3.8) is 0 Å². The number of nitrogens with one attached hydrogen (secondary N) is 2. The van der Waals surface area contributed by atoms with Crippen LogP contribution < -0.4 is 15.4 Å². The van der Waals surface area contributed by atoms with Crippen LogP contribution in [0.15, 0.2) is 29.3 Å². The van der Waals surface area contributed by atoms with E-state index in [-0.39, 0.29) is 12.0 Å². The van der Waals surface area contributed by atoms with Crippen molar-refractivity contribution in [2.24, 2.45) is 10.4 Å². The molecule has 26 heavy (non-hydrogen) atoms. The second-order valence-corrected chi connectivity index (χ2v) is 6.59. The molecular formula is C21H37N3O2. The lowest BCUT2D eigenvalue weighted by Gasteiger charge is -2.29. The first-order valence-corrected chi connectivity index (χ1v) is 9.98. The monoisotopic (exact) mass is 363 g/mol. The maximum Gasteiger partial charge on any atom is 0.191 e. The number of rotatable bonds is 12. The third-order valence-electron chi connectivity index (χ3n) is 5.02. The standard InChI is InChI=1S/C21H37N3O2/c1-5-21(6-2,14-16-25)17-24-20(22-7-3)23-15-13-18-11-9-10-12-19(18)26-8-4/h9-12,25H,5-8,13-17H2,1-4H3,(H2,22,23,24). The zero-order valence-electron chi connectivity index (χ0n) is 17.0. The fourth-order valence-electron chi connectivity index (χ4n) is 3.05. The number of aliphatic hydroxyl groups is 1. The van der Waals surface area contributed by atoms with Gasteiger partial charge in [0.1, 0.15) is 5.75 Å². The Morgan fingerprint density at radius 3 is 2.46 bits per heavy atom. The summed E-state index contributed by atoms with van der Waals surface area (Å²) in [6.45, 7) is 11.7. The molecule has 0 bridgehead atoms. The molecule has 0 amide bonds. The quantitative estimate of drug-likeness (QED) is 0.393. The SMILES string of the molecule is CCNC(=NCC(CC)(CC)CCO)NCCc1ccccc1OCC. The topological polar surface area (TPSA) is 65.9 Å². The van der Waals surface area contributed by atoms with E-state index in [2.05, 4.69) is 37.5 Å². The number of aliphatic imine (C=N–C) groups is 1. The van der Waals surface area contributed by atoms with Crippen LogP contribution in [0.4, 0.5) is 0 Å². The number of para-hydroxylation sites is 1. The van der Waals surface area contributed by atoms with Crippen molar-refractivity contribution in [2.45, 2.75) is 53.4 Å². The first-order valence-electron chi connectivity index (χ1n) is 9.98. The molecule has 1 aromatic carbocycles. The van der Waals surface area contributed by atoms with E-state index in [0.29, 0.717) is 6.61 Å². The first kappa shape index (κ1) is 22.3. The van der Waals surface area contributed by atoms with Gasteiger partial charge >= 0.3 is 0 Å². The van der Waals surface area contributed by atoms with Gasteiger partial charge < -0.3 is 20.5 Å². The summed E-state index contributed by atoms with van der Waals surface area (Å²) in [5.74, 6) is 1.79. The molecule has 3 N–H and O–H groups in total. The van der Waals surface area contributed by atoms with Crippen LogP contribution in [0.25, 0.3) is 0 Å². The zero-order chi connectivity index (χ0) is 19.3. The molecule has 0 aliphatic heterocycles. The molecule has 0 saturated heterocycles. The van der Waals surface area contributed by atoms with Crippen molar-refractivity contribution in [2.75, 3.05) is 32.8 Å². The summed E-state index contributed by atoms with van der Waals surface area (Å²) in [4.78, 5) is 4.79. The second kappa shape index (κ2) is 12.6. The lowest BCUT2D eigenvalue weighted by molar-refractivity contribution is 0.175. The Kier molecular flexibility index (Phi) is 10.8. The van der Waals surface area contributed by atoms with Gasteiger partial charge in [-0.05, 0) is 56.6 Å². The van der Waals surface area contributed by atoms with Crippen LogP contribution in [-0.4, -0.2) is 43.9 Å². The van der Waals surface area contributed by atoms with Crippen molar-refractivity contribution in [1.29, 1.82) is 0 Å². The third kappa shape index (κ3) is 7.24. The summed E-state index contributed by atoms with van der Waals surface area (Å²) < 4.78 is 5.69. The molecule has 0 unspecified atom stereocenters. The maximum atomic E-state index is 9.38. The summed E-state index contributed by atoms with van der Waals surface area (Å²) in [7, 11) is 0. The fraction of sp³-hybridized carbons (Fsp3) is 0.667. The third-order valence-corrected chi connectivity index (χ3v) is 5.02. The number of ether oxygens (including phenoxy) is 1. The van der Waals surface area contributed by atoms with E-state index >= 15 is 0 Å². The first-order chi connectivity index (χ1) is 12.6. The lowest BCUT2D eigenvalue weighted by atomic mass is 9.79. The summed E-state index contributed by atoms with van der Waals surface area (Å²) in [5, 5.41) is 16.1. The molecule has 0 fully saturated rings. The Hall–Kier alpha value is -1.75. The van der Waals surface area contributed by atoms with Gasteiger partial charge in [-0.25, -0.2) is 0 Å². The Labute approximate surface area is 159 Å². The van der Waals surface area contributed by atoms with Gasteiger partial charge in [-0.2, -0.15) is 0 Å². The van der Waals surface area contributed by atoms with E-state index < -0.39 is 0 Å². The Bertz CT molecular complexity index is 528. The molecule has 0 aliphatic carbocycles. The minimum Gasteiger partial charge on any atom is -0.494 e. The number of benzene rings is 1. The largest absolute Gasteiger partial charge is 0.494 e. The van der Waals surface area contributed by atoms with Crippen LogP contribution in [0, 0.1) is 5.41 Å². The molecule has 148 valence electrons. The van der Waals surface area contributed by atoms with E-state index in [0.717, 1.165) is 57.0 Å². The van der Waals surface area contributed by atoms with E-state index in [1.165, 1.54) is 5.56 Å². The van der Waals surface area contributed by atoms with Gasteiger partial charge in [0.2, 0.25) is 0 Å². The molecule has 1 aromatic rings. The molecule has 0 saturated carbocycles. The predicted octanol–water partition coefficient (Wildman–Crippen LogP) is 3.37. The summed E-state index contributed by atoms with van der Waals surface area (Å²) in [5.41, 5.74) is 1.29. The van der Waals surface area contributed by atoms with Crippen LogP contribution >= 0.6 is 0 Å². The maximum absolute atomic E-state index is 9.38. The van der Waals surface area contributed by atoms with Gasteiger partial charge in [0.05, 0.1) is 6.61 Å². The fourth-order valence-corrected chi connectivity index (χ4v) is 3.05. The van der Waals surface area contributed by atoms with Crippen LogP contribution in [0.3, 0.4) is 0 Å². The van der Waals surface area contributed by atoms with Gasteiger partial charge in [0.25, 0.3) is 0 Å². The number of guanidine groups is 1. The molecule has 0 aromatic heterocycles. The highest BCUT2D eigenvalue weighted by Gasteiger charge is 2.25. The molecule has 1 rings (SSSR count). The highest BCUT2D eigenvalue weighted by Crippen LogP contribution is 2.30. The van der Waals surface area contributed by atoms with Crippen molar-refractivity contribution in [3.8, 4) is 5.75 Å². The minimum atomic E-state index is 0.0820. The van der Waals surface area contributed by atoms with Gasteiger partial charge in [0.15, 0.2) is 5.96 Å². The highest BCUT2D eigenvalue weighted by atomic mass is 16.5. The van der Waals surface area contributed by atoms with Gasteiger partial charge in [-0.1, -0.05) is 32.0 Å². The molecule has 0 radical (unpaired) electrons. The number of hydrogen-bond acceptors (Lipinski definition) is 3. The van der Waals surface area contributed by atoms with Crippen molar-refractivity contribution in [3.05, 3.63) is 29.8 Å². The summed E-state index contributed by atoms with van der Waals surface area (Å²) in [6.07, 6.45) is 3.72. The zero-order valence-corrected chi connectivity index (χ0v) is 17.0. The van der Waals surface area contributed by atoms with Gasteiger partial charge in [-0.3, -0.25) is 4.99 Å². The summed E-state index contributed by atoms with van der Waals surface area (Å²) >= 11 is 0. The highest BCUT2D eigenvalue weighted by molar-refractivity contribution is 5.79. The molecule has 0 atom stereocenters. The van der Waals surface area contributed by atoms with Crippen LogP contribution in [0.5, 0.6) is 5.75 Å². The van der Waals surface area contributed by atoms with Gasteiger partial charge in [-0.15, -0.1) is 0 Å². The molecular weight excluding hydrogens is 326 g/mol. The van der Waals surface area contributed by atoms with Crippen LogP contribution in [0.1, 0.15) is 52.5 Å². The lowest BCUT2D eigenvalue weighted by Crippen LogP contribution is -2.39. The number of aliphatic hydroxyl groups excluding tert-OH is 1. The molecule has 5 nitrogen and oxygen atoms in total. The minimum absolute atomic E-state index is 0.0820. The van der Waals surface area contributed by atoms with E-state index in [1.54, 1.807) is 0 Å². The normalized spacial score (nSPS) is 12.1. The van der Waals surface area contributed by atoms with Crippen molar-refractivity contribution in [1.82, 2.24) is 10.6 Å².